The molecule has 0 saturated carbocycles. The van der Waals surface area contributed by atoms with Gasteiger partial charge in [0.15, 0.2) is 0 Å². The number of piperazine rings is 1. The number of fused-ring (bicyclic) bond motifs is 1. The highest BCUT2D eigenvalue weighted by Gasteiger charge is 2.25. The van der Waals surface area contributed by atoms with Crippen molar-refractivity contribution in [2.24, 2.45) is 0 Å². The molecule has 1 aliphatic heterocycles. The van der Waals surface area contributed by atoms with Crippen LogP contribution in [-0.2, 0) is 6.54 Å². The Kier molecular flexibility index (Phi) is 6.04. The lowest BCUT2D eigenvalue weighted by Gasteiger charge is -2.35. The van der Waals surface area contributed by atoms with Gasteiger partial charge in [-0.05, 0) is 32.0 Å². The Balaban J connectivity index is 1.49. The fraction of sp³-hybridized carbons (Fsp3) is 0.333. The summed E-state index contributed by atoms with van der Waals surface area (Å²) < 4.78 is 24.9. The Morgan fingerprint density at radius 2 is 1.84 bits per heavy atom. The predicted molar refractivity (Wildman–Crippen MR) is 116 cm³/mol. The summed E-state index contributed by atoms with van der Waals surface area (Å²) in [4.78, 5) is 29.1. The molecule has 31 heavy (non-hydrogen) atoms. The predicted octanol–water partition coefficient (Wildman–Crippen LogP) is 3.68. The molecule has 2 heterocycles. The molecule has 3 aromatic rings. The molecular formula is C24H25FN2O4. The standard InChI is InChI=1S/C24H25FN2O4/c1-16(2)30-18-7-8-19-20(14-23(28)31-22(19)13-18)24(29)27-11-9-26(10-12-27)15-17-5-3-4-6-21(17)25/h3-8,13-14,16H,9-12,15H2,1-2H3. The number of carbonyl (C=O) groups is 1. The summed E-state index contributed by atoms with van der Waals surface area (Å²) in [6, 6.07) is 13.1. The summed E-state index contributed by atoms with van der Waals surface area (Å²) in [6.07, 6.45) is -0.0188. The Labute approximate surface area is 179 Å². The lowest BCUT2D eigenvalue weighted by molar-refractivity contribution is 0.0628. The van der Waals surface area contributed by atoms with Crippen molar-refractivity contribution in [3.63, 3.8) is 0 Å². The number of rotatable bonds is 5. The molecule has 1 amide bonds. The second kappa shape index (κ2) is 8.89. The summed E-state index contributed by atoms with van der Waals surface area (Å²) in [5.41, 5.74) is 0.723. The number of halogens is 1. The Hall–Kier alpha value is -3.19. The number of amides is 1. The lowest BCUT2D eigenvalue weighted by atomic mass is 10.1. The molecule has 2 aromatic carbocycles. The van der Waals surface area contributed by atoms with Crippen LogP contribution in [0.3, 0.4) is 0 Å². The average Bonchev–Trinajstić information content (AvgIpc) is 2.74. The molecule has 4 rings (SSSR count). The molecule has 0 radical (unpaired) electrons. The van der Waals surface area contributed by atoms with Crippen molar-refractivity contribution < 1.29 is 18.3 Å². The first-order chi connectivity index (χ1) is 14.9. The third kappa shape index (κ3) is 4.77. The first kappa shape index (κ1) is 21.1. The second-order valence-electron chi connectivity index (χ2n) is 7.96. The van der Waals surface area contributed by atoms with Crippen molar-refractivity contribution in [2.75, 3.05) is 26.2 Å². The third-order valence-corrected chi connectivity index (χ3v) is 5.33. The van der Waals surface area contributed by atoms with E-state index in [0.29, 0.717) is 60.6 Å². The summed E-state index contributed by atoms with van der Waals surface area (Å²) in [7, 11) is 0. The number of nitrogens with zero attached hydrogens (tertiary/aromatic N) is 2. The van der Waals surface area contributed by atoms with Crippen LogP contribution in [0.5, 0.6) is 5.75 Å². The van der Waals surface area contributed by atoms with Crippen LogP contribution >= 0.6 is 0 Å². The quantitative estimate of drug-likeness (QED) is 0.585. The van der Waals surface area contributed by atoms with Gasteiger partial charge in [-0.15, -0.1) is 0 Å². The van der Waals surface area contributed by atoms with Crippen molar-refractivity contribution in [3.8, 4) is 5.75 Å². The van der Waals surface area contributed by atoms with Gasteiger partial charge in [0.2, 0.25) is 0 Å². The molecule has 0 bridgehead atoms. The SMILES string of the molecule is CC(C)Oc1ccc2c(C(=O)N3CCN(Cc4ccccc4F)CC3)cc(=O)oc2c1. The molecule has 0 N–H and O–H groups in total. The highest BCUT2D eigenvalue weighted by atomic mass is 19.1. The topological polar surface area (TPSA) is 63.0 Å². The summed E-state index contributed by atoms with van der Waals surface area (Å²) in [5.74, 6) is 0.155. The number of hydrogen-bond donors (Lipinski definition) is 0. The molecular weight excluding hydrogens is 399 g/mol. The maximum Gasteiger partial charge on any atom is 0.337 e. The van der Waals surface area contributed by atoms with E-state index in [1.54, 1.807) is 35.2 Å². The number of benzene rings is 2. The van der Waals surface area contributed by atoms with Crippen LogP contribution in [0.25, 0.3) is 11.0 Å². The Morgan fingerprint density at radius 1 is 1.10 bits per heavy atom. The molecule has 162 valence electrons. The van der Waals surface area contributed by atoms with E-state index >= 15 is 0 Å². The van der Waals surface area contributed by atoms with Crippen molar-refractivity contribution >= 4 is 16.9 Å². The van der Waals surface area contributed by atoms with E-state index in [-0.39, 0.29) is 17.8 Å². The molecule has 6 nitrogen and oxygen atoms in total. The van der Waals surface area contributed by atoms with Crippen LogP contribution in [0.15, 0.2) is 57.7 Å². The van der Waals surface area contributed by atoms with Gasteiger partial charge >= 0.3 is 5.63 Å². The molecule has 1 aliphatic rings. The minimum atomic E-state index is -0.573. The van der Waals surface area contributed by atoms with Crippen LogP contribution < -0.4 is 10.4 Å². The first-order valence-corrected chi connectivity index (χ1v) is 10.4. The Morgan fingerprint density at radius 3 is 2.55 bits per heavy atom. The molecule has 1 aromatic heterocycles. The summed E-state index contributed by atoms with van der Waals surface area (Å²) >= 11 is 0. The first-order valence-electron chi connectivity index (χ1n) is 10.4. The van der Waals surface area contributed by atoms with Gasteiger partial charge in [0.05, 0.1) is 11.7 Å². The van der Waals surface area contributed by atoms with Gasteiger partial charge in [-0.3, -0.25) is 9.69 Å². The molecule has 0 aliphatic carbocycles. The Bertz CT molecular complexity index is 1150. The molecule has 0 atom stereocenters. The lowest BCUT2D eigenvalue weighted by Crippen LogP contribution is -2.48. The summed E-state index contributed by atoms with van der Waals surface area (Å²) in [5, 5.41) is 0.578. The second-order valence-corrected chi connectivity index (χ2v) is 7.96. The van der Waals surface area contributed by atoms with Crippen molar-refractivity contribution in [1.29, 1.82) is 0 Å². The number of carbonyl (C=O) groups excluding carboxylic acids is 1. The van der Waals surface area contributed by atoms with E-state index in [9.17, 15) is 14.0 Å². The molecule has 1 fully saturated rings. The smallest absolute Gasteiger partial charge is 0.337 e. The highest BCUT2D eigenvalue weighted by Crippen LogP contribution is 2.25. The number of ether oxygens (including phenoxy) is 1. The molecule has 0 unspecified atom stereocenters. The molecule has 7 heteroatoms. The number of hydrogen-bond acceptors (Lipinski definition) is 5. The van der Waals surface area contributed by atoms with Crippen LogP contribution in [0, 0.1) is 5.82 Å². The maximum atomic E-state index is 13.9. The zero-order valence-corrected chi connectivity index (χ0v) is 17.6. The van der Waals surface area contributed by atoms with Crippen LogP contribution in [0.2, 0.25) is 0 Å². The molecule has 1 saturated heterocycles. The van der Waals surface area contributed by atoms with Crippen molar-refractivity contribution in [3.05, 3.63) is 75.9 Å². The minimum Gasteiger partial charge on any atom is -0.491 e. The van der Waals surface area contributed by atoms with Crippen LogP contribution in [0.4, 0.5) is 4.39 Å². The van der Waals surface area contributed by atoms with E-state index in [0.717, 1.165) is 0 Å². The van der Waals surface area contributed by atoms with E-state index in [4.69, 9.17) is 9.15 Å². The van der Waals surface area contributed by atoms with Crippen molar-refractivity contribution in [1.82, 2.24) is 9.80 Å². The monoisotopic (exact) mass is 424 g/mol. The fourth-order valence-electron chi connectivity index (χ4n) is 3.81. The summed E-state index contributed by atoms with van der Waals surface area (Å²) in [6.45, 7) is 6.59. The van der Waals surface area contributed by atoms with E-state index < -0.39 is 5.63 Å². The highest BCUT2D eigenvalue weighted by molar-refractivity contribution is 6.05. The zero-order chi connectivity index (χ0) is 22.0. The zero-order valence-electron chi connectivity index (χ0n) is 17.6. The maximum absolute atomic E-state index is 13.9. The van der Waals surface area contributed by atoms with Gasteiger partial charge in [0.1, 0.15) is 17.1 Å². The van der Waals surface area contributed by atoms with Crippen LogP contribution in [0.1, 0.15) is 29.8 Å². The third-order valence-electron chi connectivity index (χ3n) is 5.33. The van der Waals surface area contributed by atoms with E-state index in [1.165, 1.54) is 12.1 Å². The van der Waals surface area contributed by atoms with Crippen LogP contribution in [-0.4, -0.2) is 48.0 Å². The molecule has 0 spiro atoms. The van der Waals surface area contributed by atoms with Gasteiger partial charge < -0.3 is 14.1 Å². The van der Waals surface area contributed by atoms with E-state index in [1.807, 2.05) is 19.9 Å². The van der Waals surface area contributed by atoms with E-state index in [2.05, 4.69) is 4.90 Å². The fourth-order valence-corrected chi connectivity index (χ4v) is 3.81. The minimum absolute atomic E-state index is 0.0188. The average molecular weight is 424 g/mol. The van der Waals surface area contributed by atoms with Gasteiger partial charge in [-0.2, -0.15) is 0 Å². The van der Waals surface area contributed by atoms with Crippen molar-refractivity contribution in [2.45, 2.75) is 26.5 Å². The van der Waals surface area contributed by atoms with Gasteiger partial charge in [0.25, 0.3) is 5.91 Å². The van der Waals surface area contributed by atoms with Gasteiger partial charge in [0, 0.05) is 55.8 Å². The van der Waals surface area contributed by atoms with Gasteiger partial charge in [-0.1, -0.05) is 18.2 Å². The van der Waals surface area contributed by atoms with Gasteiger partial charge in [-0.25, -0.2) is 9.18 Å². The normalized spacial score (nSPS) is 14.9. The largest absolute Gasteiger partial charge is 0.491 e.